The lowest BCUT2D eigenvalue weighted by Crippen LogP contribution is -2.24. The Morgan fingerprint density at radius 2 is 2.05 bits per heavy atom. The Hall–Kier alpha value is -1.02. The summed E-state index contributed by atoms with van der Waals surface area (Å²) in [6.45, 7) is 6.90. The molecule has 0 aliphatic heterocycles. The number of aromatic nitrogens is 2. The molecule has 0 bridgehead atoms. The van der Waals surface area contributed by atoms with E-state index in [1.807, 2.05) is 0 Å². The van der Waals surface area contributed by atoms with E-state index in [0.717, 1.165) is 29.6 Å². The summed E-state index contributed by atoms with van der Waals surface area (Å²) >= 11 is 6.00. The smallest absolute Gasteiger partial charge is 0.111 e. The summed E-state index contributed by atoms with van der Waals surface area (Å²) in [5.74, 6) is 3.43. The van der Waals surface area contributed by atoms with E-state index in [4.69, 9.17) is 16.6 Å². The highest BCUT2D eigenvalue weighted by Gasteiger charge is 2.28. The van der Waals surface area contributed by atoms with E-state index in [0.29, 0.717) is 11.9 Å². The average Bonchev–Trinajstić information content (AvgIpc) is 2.79. The molecule has 1 aliphatic rings. The topological polar surface area (TPSA) is 17.8 Å². The van der Waals surface area contributed by atoms with E-state index in [9.17, 15) is 0 Å². The number of nitrogens with zero attached hydrogens (tertiary/aromatic N) is 2. The molecule has 0 amide bonds. The van der Waals surface area contributed by atoms with Gasteiger partial charge in [0.05, 0.1) is 11.0 Å². The van der Waals surface area contributed by atoms with Crippen LogP contribution in [-0.4, -0.2) is 15.4 Å². The summed E-state index contributed by atoms with van der Waals surface area (Å²) in [5, 5.41) is 0. The summed E-state index contributed by atoms with van der Waals surface area (Å²) in [5.41, 5.74) is 3.68. The molecule has 21 heavy (non-hydrogen) atoms. The number of fused-ring (bicyclic) bond motifs is 1. The molecule has 0 radical (unpaired) electrons. The molecule has 2 nitrogen and oxygen atoms in total. The molecule has 114 valence electrons. The van der Waals surface area contributed by atoms with Crippen molar-refractivity contribution in [2.75, 3.05) is 5.88 Å². The minimum Gasteiger partial charge on any atom is -0.325 e. The molecule has 1 aromatic heterocycles. The Morgan fingerprint density at radius 1 is 1.24 bits per heavy atom. The number of imidazole rings is 1. The van der Waals surface area contributed by atoms with Crippen LogP contribution in [0.5, 0.6) is 0 Å². The quantitative estimate of drug-likeness (QED) is 0.719. The largest absolute Gasteiger partial charge is 0.325 e. The summed E-state index contributed by atoms with van der Waals surface area (Å²) in [4.78, 5) is 4.86. The van der Waals surface area contributed by atoms with Crippen molar-refractivity contribution < 1.29 is 0 Å². The van der Waals surface area contributed by atoms with Crippen LogP contribution >= 0.6 is 11.6 Å². The first kappa shape index (κ1) is 14.9. The van der Waals surface area contributed by atoms with Crippen LogP contribution in [0.25, 0.3) is 11.0 Å². The standard InChI is InChI=1S/C18H25ClN2/c1-12-4-7-17-16(10-12)20-18(8-9-19)21(17)15-6-5-13(2)14(3)11-15/h4,7,10,13-15H,5-6,8-9,11H2,1-3H3. The number of benzene rings is 1. The monoisotopic (exact) mass is 304 g/mol. The molecule has 1 heterocycles. The van der Waals surface area contributed by atoms with Gasteiger partial charge in [0.15, 0.2) is 0 Å². The van der Waals surface area contributed by atoms with Gasteiger partial charge in [-0.15, -0.1) is 11.6 Å². The molecule has 3 heteroatoms. The van der Waals surface area contributed by atoms with Gasteiger partial charge >= 0.3 is 0 Å². The second-order valence-electron chi connectivity index (χ2n) is 6.75. The van der Waals surface area contributed by atoms with Crippen LogP contribution in [0.15, 0.2) is 18.2 Å². The summed E-state index contributed by atoms with van der Waals surface area (Å²) in [6.07, 6.45) is 4.70. The van der Waals surface area contributed by atoms with Gasteiger partial charge in [-0.05, 0) is 55.7 Å². The van der Waals surface area contributed by atoms with Crippen molar-refractivity contribution >= 4 is 22.6 Å². The fourth-order valence-corrected chi connectivity index (χ4v) is 3.85. The van der Waals surface area contributed by atoms with Gasteiger partial charge in [0, 0.05) is 18.3 Å². The number of alkyl halides is 1. The van der Waals surface area contributed by atoms with Crippen LogP contribution < -0.4 is 0 Å². The van der Waals surface area contributed by atoms with E-state index in [1.165, 1.54) is 30.3 Å². The Kier molecular flexibility index (Phi) is 4.26. The molecular formula is C18H25ClN2. The maximum absolute atomic E-state index is 6.00. The van der Waals surface area contributed by atoms with Crippen LogP contribution in [0, 0.1) is 18.8 Å². The van der Waals surface area contributed by atoms with Gasteiger partial charge in [0.25, 0.3) is 0 Å². The zero-order valence-electron chi connectivity index (χ0n) is 13.3. The Balaban J connectivity index is 2.04. The number of hydrogen-bond donors (Lipinski definition) is 0. The van der Waals surface area contributed by atoms with E-state index in [1.54, 1.807) is 0 Å². The van der Waals surface area contributed by atoms with Crippen LogP contribution in [0.3, 0.4) is 0 Å². The first-order valence-corrected chi connectivity index (χ1v) is 8.67. The third kappa shape index (κ3) is 2.83. The Morgan fingerprint density at radius 3 is 2.76 bits per heavy atom. The van der Waals surface area contributed by atoms with Crippen molar-refractivity contribution in [2.24, 2.45) is 11.8 Å². The Bertz CT molecular complexity index is 631. The zero-order valence-corrected chi connectivity index (χ0v) is 14.0. The highest BCUT2D eigenvalue weighted by atomic mass is 35.5. The summed E-state index contributed by atoms with van der Waals surface area (Å²) < 4.78 is 2.49. The van der Waals surface area contributed by atoms with Crippen molar-refractivity contribution in [3.05, 3.63) is 29.6 Å². The highest BCUT2D eigenvalue weighted by molar-refractivity contribution is 6.17. The van der Waals surface area contributed by atoms with E-state index < -0.39 is 0 Å². The van der Waals surface area contributed by atoms with Crippen LogP contribution in [-0.2, 0) is 6.42 Å². The summed E-state index contributed by atoms with van der Waals surface area (Å²) in [7, 11) is 0. The molecule has 1 saturated carbocycles. The first-order chi connectivity index (χ1) is 10.1. The predicted molar refractivity (Wildman–Crippen MR) is 90.1 cm³/mol. The number of rotatable bonds is 3. The van der Waals surface area contributed by atoms with Crippen LogP contribution in [0.1, 0.15) is 50.5 Å². The first-order valence-electron chi connectivity index (χ1n) is 8.13. The number of hydrogen-bond acceptors (Lipinski definition) is 1. The van der Waals surface area contributed by atoms with Crippen molar-refractivity contribution in [3.63, 3.8) is 0 Å². The normalized spacial score (nSPS) is 26.4. The lowest BCUT2D eigenvalue weighted by atomic mass is 9.79. The van der Waals surface area contributed by atoms with Gasteiger partial charge < -0.3 is 4.57 Å². The van der Waals surface area contributed by atoms with E-state index >= 15 is 0 Å². The van der Waals surface area contributed by atoms with Gasteiger partial charge in [-0.3, -0.25) is 0 Å². The Labute approximate surface area is 132 Å². The van der Waals surface area contributed by atoms with Crippen molar-refractivity contribution in [1.82, 2.24) is 9.55 Å². The molecule has 1 aromatic carbocycles. The van der Waals surface area contributed by atoms with Gasteiger partial charge in [-0.2, -0.15) is 0 Å². The maximum Gasteiger partial charge on any atom is 0.111 e. The molecule has 0 N–H and O–H groups in total. The zero-order chi connectivity index (χ0) is 15.0. The third-order valence-corrected chi connectivity index (χ3v) is 5.36. The maximum atomic E-state index is 6.00. The predicted octanol–water partition coefficient (Wildman–Crippen LogP) is 5.12. The molecule has 3 rings (SSSR count). The van der Waals surface area contributed by atoms with Crippen LogP contribution in [0.2, 0.25) is 0 Å². The highest BCUT2D eigenvalue weighted by Crippen LogP contribution is 2.38. The average molecular weight is 305 g/mol. The fraction of sp³-hybridized carbons (Fsp3) is 0.611. The molecule has 3 unspecified atom stereocenters. The van der Waals surface area contributed by atoms with Gasteiger partial charge in [0.1, 0.15) is 5.82 Å². The lowest BCUT2D eigenvalue weighted by Gasteiger charge is -2.34. The molecule has 3 atom stereocenters. The van der Waals surface area contributed by atoms with Crippen LogP contribution in [0.4, 0.5) is 0 Å². The second-order valence-corrected chi connectivity index (χ2v) is 7.13. The minimum absolute atomic E-state index is 0.585. The van der Waals surface area contributed by atoms with Crippen molar-refractivity contribution in [1.29, 1.82) is 0 Å². The van der Waals surface area contributed by atoms with Crippen molar-refractivity contribution in [3.8, 4) is 0 Å². The van der Waals surface area contributed by atoms with Gasteiger partial charge in [-0.1, -0.05) is 19.9 Å². The molecular weight excluding hydrogens is 280 g/mol. The lowest BCUT2D eigenvalue weighted by molar-refractivity contribution is 0.211. The second kappa shape index (κ2) is 6.00. The van der Waals surface area contributed by atoms with E-state index in [-0.39, 0.29) is 0 Å². The van der Waals surface area contributed by atoms with E-state index in [2.05, 4.69) is 43.5 Å². The molecule has 1 aliphatic carbocycles. The third-order valence-electron chi connectivity index (χ3n) is 5.17. The molecule has 0 spiro atoms. The van der Waals surface area contributed by atoms with Gasteiger partial charge in [0.2, 0.25) is 0 Å². The molecule has 1 fully saturated rings. The van der Waals surface area contributed by atoms with Gasteiger partial charge in [-0.25, -0.2) is 4.98 Å². The fourth-order valence-electron chi connectivity index (χ4n) is 3.68. The SMILES string of the molecule is Cc1ccc2c(c1)nc(CCCl)n2C1CCC(C)C(C)C1. The van der Waals surface area contributed by atoms with Crippen molar-refractivity contribution in [2.45, 2.75) is 52.5 Å². The number of halogens is 1. The summed E-state index contributed by atoms with van der Waals surface area (Å²) in [6, 6.07) is 7.21. The minimum atomic E-state index is 0.585. The molecule has 2 aromatic rings. The number of aryl methyl sites for hydroxylation is 2. The molecule has 0 saturated heterocycles.